The largest absolute Gasteiger partial charge is 0.407 e. The predicted octanol–water partition coefficient (Wildman–Crippen LogP) is 0.634. The normalized spacial score (nSPS) is 12.5. The fourth-order valence-electron chi connectivity index (χ4n) is 1.05. The molecule has 0 aliphatic heterocycles. The summed E-state index contributed by atoms with van der Waals surface area (Å²) in [5.74, 6) is -0.0391. The van der Waals surface area contributed by atoms with E-state index in [2.05, 4.69) is 20.8 Å². The summed E-state index contributed by atoms with van der Waals surface area (Å²) < 4.78 is 5.36. The van der Waals surface area contributed by atoms with Gasteiger partial charge < -0.3 is 20.8 Å². The molecule has 0 radical (unpaired) electrons. The highest BCUT2D eigenvalue weighted by Crippen LogP contribution is 2.13. The van der Waals surface area contributed by atoms with Crippen molar-refractivity contribution in [3.8, 4) is 0 Å². The van der Waals surface area contributed by atoms with Crippen LogP contribution in [0.25, 0.3) is 0 Å². The minimum atomic E-state index is -0.929. The summed E-state index contributed by atoms with van der Waals surface area (Å²) >= 11 is 0. The summed E-state index contributed by atoms with van der Waals surface area (Å²) in [5.41, 5.74) is 4.27. The van der Waals surface area contributed by atoms with Crippen molar-refractivity contribution < 1.29 is 9.21 Å². The van der Waals surface area contributed by atoms with Crippen LogP contribution in [-0.2, 0) is 11.3 Å². The van der Waals surface area contributed by atoms with E-state index in [-0.39, 0.29) is 11.6 Å². The number of nitrogens with one attached hydrogen (secondary N) is 2. The standard InChI is InChI=1S/C11H21N5O2/c1-10(2,3)13-6-7-15-16-9(18-7)14-11(4,5)8(12)17/h13H,6H2,1-5H3,(H2,12,17)(H,14,16). The first-order chi connectivity index (χ1) is 8.10. The molecule has 1 heterocycles. The number of anilines is 1. The van der Waals surface area contributed by atoms with Gasteiger partial charge in [0.05, 0.1) is 6.54 Å². The summed E-state index contributed by atoms with van der Waals surface area (Å²) in [6.45, 7) is 9.88. The number of primary amides is 1. The van der Waals surface area contributed by atoms with Crippen LogP contribution < -0.4 is 16.4 Å². The van der Waals surface area contributed by atoms with Gasteiger partial charge in [-0.2, -0.15) is 0 Å². The van der Waals surface area contributed by atoms with E-state index in [4.69, 9.17) is 10.2 Å². The first-order valence-electron chi connectivity index (χ1n) is 5.76. The molecule has 0 bridgehead atoms. The highest BCUT2D eigenvalue weighted by Gasteiger charge is 2.26. The summed E-state index contributed by atoms with van der Waals surface area (Å²) in [5, 5.41) is 13.7. The molecular weight excluding hydrogens is 234 g/mol. The molecular formula is C11H21N5O2. The van der Waals surface area contributed by atoms with Crippen molar-refractivity contribution in [2.24, 2.45) is 5.73 Å². The molecule has 0 unspecified atom stereocenters. The molecule has 1 aromatic heterocycles. The Balaban J connectivity index is 2.61. The van der Waals surface area contributed by atoms with Crippen LogP contribution in [0.2, 0.25) is 0 Å². The van der Waals surface area contributed by atoms with Gasteiger partial charge in [0, 0.05) is 5.54 Å². The lowest BCUT2D eigenvalue weighted by atomic mass is 10.1. The SMILES string of the molecule is CC(C)(C)NCc1nnc(NC(C)(C)C(N)=O)o1. The molecule has 0 spiro atoms. The molecule has 7 nitrogen and oxygen atoms in total. The second-order valence-electron chi connectivity index (χ2n) is 5.72. The Kier molecular flexibility index (Phi) is 3.95. The van der Waals surface area contributed by atoms with Crippen molar-refractivity contribution >= 4 is 11.9 Å². The molecule has 1 aromatic rings. The topological polar surface area (TPSA) is 106 Å². The molecule has 1 amide bonds. The van der Waals surface area contributed by atoms with Crippen LogP contribution in [0, 0.1) is 0 Å². The van der Waals surface area contributed by atoms with Crippen molar-refractivity contribution in [3.63, 3.8) is 0 Å². The number of nitrogens with two attached hydrogens (primary N) is 1. The third-order valence-corrected chi connectivity index (χ3v) is 2.27. The summed E-state index contributed by atoms with van der Waals surface area (Å²) in [4.78, 5) is 11.1. The molecule has 0 aliphatic rings. The Bertz CT molecular complexity index is 419. The molecule has 7 heteroatoms. The Morgan fingerprint density at radius 1 is 1.28 bits per heavy atom. The lowest BCUT2D eigenvalue weighted by molar-refractivity contribution is -0.121. The molecule has 0 saturated carbocycles. The van der Waals surface area contributed by atoms with Crippen LogP contribution >= 0.6 is 0 Å². The highest BCUT2D eigenvalue weighted by atomic mass is 16.4. The van der Waals surface area contributed by atoms with Crippen molar-refractivity contribution in [1.29, 1.82) is 0 Å². The van der Waals surface area contributed by atoms with Gasteiger partial charge >= 0.3 is 6.01 Å². The van der Waals surface area contributed by atoms with Crippen LogP contribution in [0.1, 0.15) is 40.5 Å². The fraction of sp³-hybridized carbons (Fsp3) is 0.727. The molecule has 0 fully saturated rings. The lowest BCUT2D eigenvalue weighted by Crippen LogP contribution is -2.45. The van der Waals surface area contributed by atoms with E-state index < -0.39 is 11.4 Å². The molecule has 0 aliphatic carbocycles. The van der Waals surface area contributed by atoms with Crippen molar-refractivity contribution in [3.05, 3.63) is 5.89 Å². The maximum Gasteiger partial charge on any atom is 0.316 e. The van der Waals surface area contributed by atoms with Crippen LogP contribution in [0.3, 0.4) is 0 Å². The fourth-order valence-corrected chi connectivity index (χ4v) is 1.05. The van der Waals surface area contributed by atoms with Crippen molar-refractivity contribution in [2.45, 2.75) is 52.2 Å². The summed E-state index contributed by atoms with van der Waals surface area (Å²) in [6, 6.07) is 0.185. The molecule has 102 valence electrons. The number of nitrogens with zero attached hydrogens (tertiary/aromatic N) is 2. The molecule has 18 heavy (non-hydrogen) atoms. The Morgan fingerprint density at radius 2 is 1.89 bits per heavy atom. The maximum atomic E-state index is 11.1. The third-order valence-electron chi connectivity index (χ3n) is 2.27. The van der Waals surface area contributed by atoms with Crippen molar-refractivity contribution in [1.82, 2.24) is 15.5 Å². The number of hydrogen-bond acceptors (Lipinski definition) is 6. The van der Waals surface area contributed by atoms with Crippen molar-refractivity contribution in [2.75, 3.05) is 5.32 Å². The zero-order valence-corrected chi connectivity index (χ0v) is 11.5. The maximum absolute atomic E-state index is 11.1. The van der Waals surface area contributed by atoms with E-state index in [9.17, 15) is 4.79 Å². The van der Waals surface area contributed by atoms with E-state index in [0.29, 0.717) is 12.4 Å². The van der Waals surface area contributed by atoms with E-state index in [1.807, 2.05) is 20.8 Å². The van der Waals surface area contributed by atoms with Gasteiger partial charge in [0.1, 0.15) is 5.54 Å². The molecule has 0 atom stereocenters. The zero-order valence-electron chi connectivity index (χ0n) is 11.5. The monoisotopic (exact) mass is 255 g/mol. The van der Waals surface area contributed by atoms with Crippen LogP contribution in [0.5, 0.6) is 0 Å². The van der Waals surface area contributed by atoms with Gasteiger partial charge in [-0.25, -0.2) is 0 Å². The highest BCUT2D eigenvalue weighted by molar-refractivity contribution is 5.86. The number of carbonyl (C=O) groups is 1. The van der Waals surface area contributed by atoms with E-state index >= 15 is 0 Å². The van der Waals surface area contributed by atoms with Gasteiger partial charge in [0.25, 0.3) is 0 Å². The van der Waals surface area contributed by atoms with Gasteiger partial charge in [-0.15, -0.1) is 5.10 Å². The summed E-state index contributed by atoms with van der Waals surface area (Å²) in [7, 11) is 0. The van der Waals surface area contributed by atoms with E-state index in [1.54, 1.807) is 13.8 Å². The average molecular weight is 255 g/mol. The van der Waals surface area contributed by atoms with Gasteiger partial charge in [-0.05, 0) is 34.6 Å². The van der Waals surface area contributed by atoms with Crippen LogP contribution in [0.4, 0.5) is 6.01 Å². The number of aromatic nitrogens is 2. The quantitative estimate of drug-likeness (QED) is 0.712. The second-order valence-corrected chi connectivity index (χ2v) is 5.72. The molecule has 0 saturated heterocycles. The minimum absolute atomic E-state index is 0.0332. The van der Waals surface area contributed by atoms with Gasteiger partial charge in [-0.1, -0.05) is 5.10 Å². The predicted molar refractivity (Wildman–Crippen MR) is 67.8 cm³/mol. The lowest BCUT2D eigenvalue weighted by Gasteiger charge is -2.20. The third kappa shape index (κ3) is 4.33. The first kappa shape index (κ1) is 14.4. The Labute approximate surface area is 107 Å². The average Bonchev–Trinajstić information content (AvgIpc) is 2.60. The summed E-state index contributed by atoms with van der Waals surface area (Å²) in [6.07, 6.45) is 0. The van der Waals surface area contributed by atoms with E-state index in [1.165, 1.54) is 0 Å². The smallest absolute Gasteiger partial charge is 0.316 e. The van der Waals surface area contributed by atoms with Gasteiger partial charge in [0.2, 0.25) is 11.8 Å². The molecule has 1 rings (SSSR count). The number of amides is 1. The van der Waals surface area contributed by atoms with Crippen LogP contribution in [0.15, 0.2) is 4.42 Å². The molecule has 0 aromatic carbocycles. The minimum Gasteiger partial charge on any atom is -0.407 e. The Hall–Kier alpha value is -1.63. The Morgan fingerprint density at radius 3 is 2.39 bits per heavy atom. The van der Waals surface area contributed by atoms with Gasteiger partial charge in [0.15, 0.2) is 0 Å². The molecule has 4 N–H and O–H groups in total. The number of hydrogen-bond donors (Lipinski definition) is 3. The van der Waals surface area contributed by atoms with Gasteiger partial charge in [-0.3, -0.25) is 4.79 Å². The number of carbonyl (C=O) groups excluding carboxylic acids is 1. The first-order valence-corrected chi connectivity index (χ1v) is 5.76. The van der Waals surface area contributed by atoms with Crippen LogP contribution in [-0.4, -0.2) is 27.2 Å². The zero-order chi connectivity index (χ0) is 14.0. The van der Waals surface area contributed by atoms with E-state index in [0.717, 1.165) is 0 Å². The number of rotatable bonds is 5. The second kappa shape index (κ2) is 4.93.